The molecule has 212 valence electrons. The SMILES string of the molecule is CNC(=O)[C@@]12C[C@@H]1[C@@H](n1cnc3c(NCCc4ccc(O)c(OC)c4)nc(C#Cc4ccc(Br)s4)nc31)[C@H](O)[C@@H]2O. The molecule has 0 spiro atoms. The number of phenolic OH excluding ortho intramolecular Hbond substituents is 1. The Morgan fingerprint density at radius 2 is 2.10 bits per heavy atom. The smallest absolute Gasteiger partial charge is 0.229 e. The normalized spacial score (nSPS) is 24.4. The van der Waals surface area contributed by atoms with Gasteiger partial charge in [-0.15, -0.1) is 11.3 Å². The van der Waals surface area contributed by atoms with Crippen molar-refractivity contribution < 1.29 is 24.9 Å². The Hall–Kier alpha value is -3.70. The van der Waals surface area contributed by atoms with Gasteiger partial charge in [-0.3, -0.25) is 4.79 Å². The zero-order chi connectivity index (χ0) is 28.9. The van der Waals surface area contributed by atoms with Crippen LogP contribution in [-0.2, 0) is 11.2 Å². The van der Waals surface area contributed by atoms with Crippen molar-refractivity contribution in [2.75, 3.05) is 26.0 Å². The third-order valence-corrected chi connectivity index (χ3v) is 9.43. The fourth-order valence-electron chi connectivity index (χ4n) is 5.80. The summed E-state index contributed by atoms with van der Waals surface area (Å²) in [5.41, 5.74) is 0.858. The molecular formula is C28H27BrN6O5S. The number of benzene rings is 1. The second kappa shape index (κ2) is 10.6. The zero-order valence-electron chi connectivity index (χ0n) is 22.1. The number of ether oxygens (including phenoxy) is 1. The molecule has 3 heterocycles. The Labute approximate surface area is 247 Å². The third kappa shape index (κ3) is 4.70. The van der Waals surface area contributed by atoms with Gasteiger partial charge in [0.25, 0.3) is 0 Å². The minimum Gasteiger partial charge on any atom is -0.504 e. The molecule has 5 atom stereocenters. The summed E-state index contributed by atoms with van der Waals surface area (Å²) in [5.74, 6) is 6.79. The van der Waals surface area contributed by atoms with Crippen molar-refractivity contribution >= 4 is 50.2 Å². The third-order valence-electron chi connectivity index (χ3n) is 7.89. The van der Waals surface area contributed by atoms with E-state index in [1.54, 1.807) is 23.0 Å². The summed E-state index contributed by atoms with van der Waals surface area (Å²) < 4.78 is 7.91. The molecule has 0 aliphatic heterocycles. The maximum atomic E-state index is 12.7. The highest BCUT2D eigenvalue weighted by atomic mass is 79.9. The van der Waals surface area contributed by atoms with E-state index in [1.165, 1.54) is 25.5 Å². The number of carbonyl (C=O) groups excluding carboxylic acids is 1. The van der Waals surface area contributed by atoms with Crippen LogP contribution in [0, 0.1) is 23.2 Å². The Morgan fingerprint density at radius 3 is 2.83 bits per heavy atom. The number of carbonyl (C=O) groups is 1. The van der Waals surface area contributed by atoms with E-state index in [9.17, 15) is 20.1 Å². The first-order valence-corrected chi connectivity index (χ1v) is 14.6. The molecule has 1 amide bonds. The van der Waals surface area contributed by atoms with Crippen LogP contribution in [-0.4, -0.2) is 73.7 Å². The lowest BCUT2D eigenvalue weighted by Crippen LogP contribution is -2.41. The molecule has 0 bridgehead atoms. The summed E-state index contributed by atoms with van der Waals surface area (Å²) in [4.78, 5) is 27.4. The maximum absolute atomic E-state index is 12.7. The highest BCUT2D eigenvalue weighted by Crippen LogP contribution is 2.67. The lowest BCUT2D eigenvalue weighted by Gasteiger charge is -2.23. The van der Waals surface area contributed by atoms with Gasteiger partial charge in [-0.2, -0.15) is 0 Å². The van der Waals surface area contributed by atoms with Gasteiger partial charge in [-0.1, -0.05) is 6.07 Å². The van der Waals surface area contributed by atoms with Gasteiger partial charge in [-0.25, -0.2) is 15.0 Å². The van der Waals surface area contributed by atoms with Crippen LogP contribution >= 0.6 is 27.3 Å². The molecule has 1 aromatic carbocycles. The van der Waals surface area contributed by atoms with E-state index in [1.807, 2.05) is 18.2 Å². The summed E-state index contributed by atoms with van der Waals surface area (Å²) in [6.07, 6.45) is 0.270. The van der Waals surface area contributed by atoms with E-state index in [0.717, 1.165) is 14.2 Å². The Bertz CT molecular complexity index is 1710. The Morgan fingerprint density at radius 1 is 1.27 bits per heavy atom. The van der Waals surface area contributed by atoms with Gasteiger partial charge < -0.3 is 35.3 Å². The molecule has 13 heteroatoms. The van der Waals surface area contributed by atoms with Crippen molar-refractivity contribution in [2.24, 2.45) is 11.3 Å². The van der Waals surface area contributed by atoms with Crippen LogP contribution in [0.25, 0.3) is 11.2 Å². The molecular weight excluding hydrogens is 612 g/mol. The van der Waals surface area contributed by atoms with Crippen molar-refractivity contribution in [2.45, 2.75) is 31.1 Å². The number of anilines is 1. The quantitative estimate of drug-likeness (QED) is 0.192. The van der Waals surface area contributed by atoms with Crippen molar-refractivity contribution in [3.63, 3.8) is 0 Å². The van der Waals surface area contributed by atoms with Crippen LogP contribution in [0.2, 0.25) is 0 Å². The predicted molar refractivity (Wildman–Crippen MR) is 156 cm³/mol. The van der Waals surface area contributed by atoms with E-state index in [4.69, 9.17) is 9.72 Å². The maximum Gasteiger partial charge on any atom is 0.229 e. The molecule has 2 fully saturated rings. The number of thiophene rings is 1. The minimum absolute atomic E-state index is 0.0727. The molecule has 6 rings (SSSR count). The first-order chi connectivity index (χ1) is 19.8. The molecule has 41 heavy (non-hydrogen) atoms. The number of nitrogens with one attached hydrogen (secondary N) is 2. The minimum atomic E-state index is -1.20. The van der Waals surface area contributed by atoms with Crippen molar-refractivity contribution in [1.82, 2.24) is 24.8 Å². The summed E-state index contributed by atoms with van der Waals surface area (Å²) in [5, 5.41) is 37.7. The number of aliphatic hydroxyl groups excluding tert-OH is 2. The number of hydrogen-bond acceptors (Lipinski definition) is 10. The Balaban J connectivity index is 1.35. The molecule has 5 N–H and O–H groups in total. The van der Waals surface area contributed by atoms with E-state index >= 15 is 0 Å². The van der Waals surface area contributed by atoms with E-state index < -0.39 is 23.7 Å². The van der Waals surface area contributed by atoms with E-state index in [-0.39, 0.29) is 23.4 Å². The first kappa shape index (κ1) is 27.5. The molecule has 2 aliphatic rings. The summed E-state index contributed by atoms with van der Waals surface area (Å²) in [7, 11) is 3.03. The van der Waals surface area contributed by atoms with Gasteiger partial charge in [-0.05, 0) is 70.4 Å². The van der Waals surface area contributed by atoms with Crippen LogP contribution in [0.4, 0.5) is 5.82 Å². The number of aliphatic hydroxyl groups is 2. The van der Waals surface area contributed by atoms with Gasteiger partial charge in [0, 0.05) is 19.5 Å². The molecule has 4 aromatic rings. The van der Waals surface area contributed by atoms with E-state index in [0.29, 0.717) is 42.1 Å². The largest absolute Gasteiger partial charge is 0.504 e. The average Bonchev–Trinajstić information content (AvgIpc) is 3.21. The number of hydrogen-bond donors (Lipinski definition) is 5. The number of halogens is 1. The number of aromatic nitrogens is 4. The van der Waals surface area contributed by atoms with Crippen molar-refractivity contribution in [3.8, 4) is 23.3 Å². The topological polar surface area (TPSA) is 155 Å². The van der Waals surface area contributed by atoms with Crippen LogP contribution in [0.5, 0.6) is 11.5 Å². The fourth-order valence-corrected chi connectivity index (χ4v) is 7.04. The van der Waals surface area contributed by atoms with Crippen LogP contribution < -0.4 is 15.4 Å². The van der Waals surface area contributed by atoms with Crippen LogP contribution in [0.1, 0.15) is 28.7 Å². The number of fused-ring (bicyclic) bond motifs is 2. The number of nitrogens with zero attached hydrogens (tertiary/aromatic N) is 4. The standard InChI is InChI=1S/C28H27BrN6O5S/c1-30-27(39)28-12-16(28)22(23(37)24(28)38)35-13-32-21-25(31-10-9-14-3-6-17(36)18(11-14)40-2)33-20(34-26(21)35)8-5-15-4-7-19(29)41-15/h3-4,6-7,11,13,16,22-24,36-38H,9-10,12H2,1-2H3,(H,30,39)(H,31,33,34)/t16-,22-,23+,24+,28+/m1/s1. The summed E-state index contributed by atoms with van der Waals surface area (Å²) >= 11 is 4.94. The van der Waals surface area contributed by atoms with Crippen LogP contribution in [0.15, 0.2) is 40.4 Å². The van der Waals surface area contributed by atoms with Gasteiger partial charge in [0.05, 0.1) is 39.7 Å². The van der Waals surface area contributed by atoms with Gasteiger partial charge >= 0.3 is 0 Å². The molecule has 0 unspecified atom stereocenters. The van der Waals surface area contributed by atoms with Crippen molar-refractivity contribution in [1.29, 1.82) is 0 Å². The molecule has 3 aromatic heterocycles. The van der Waals surface area contributed by atoms with Gasteiger partial charge in [0.1, 0.15) is 6.10 Å². The number of imidazole rings is 1. The van der Waals surface area contributed by atoms with Crippen LogP contribution in [0.3, 0.4) is 0 Å². The zero-order valence-corrected chi connectivity index (χ0v) is 24.5. The molecule has 2 aliphatic carbocycles. The number of rotatable bonds is 7. The first-order valence-electron chi connectivity index (χ1n) is 13.0. The number of methoxy groups -OCH3 is 1. The van der Waals surface area contributed by atoms with Gasteiger partial charge in [0.15, 0.2) is 28.5 Å². The highest BCUT2D eigenvalue weighted by Gasteiger charge is 2.75. The summed E-state index contributed by atoms with van der Waals surface area (Å²) in [6, 6.07) is 8.42. The number of aromatic hydroxyl groups is 1. The molecule has 0 saturated heterocycles. The predicted octanol–water partition coefficient (Wildman–Crippen LogP) is 2.45. The molecule has 11 nitrogen and oxygen atoms in total. The molecule has 2 saturated carbocycles. The highest BCUT2D eigenvalue weighted by molar-refractivity contribution is 9.11. The molecule has 0 radical (unpaired) electrons. The summed E-state index contributed by atoms with van der Waals surface area (Å²) in [6.45, 7) is 0.491. The monoisotopic (exact) mass is 638 g/mol. The van der Waals surface area contributed by atoms with E-state index in [2.05, 4.69) is 48.4 Å². The number of amides is 1. The fraction of sp³-hybridized carbons (Fsp3) is 0.357. The van der Waals surface area contributed by atoms with Crippen molar-refractivity contribution in [3.05, 3.63) is 56.7 Å². The lowest BCUT2D eigenvalue weighted by molar-refractivity contribution is -0.132. The second-order valence-electron chi connectivity index (χ2n) is 10.1. The second-order valence-corrected chi connectivity index (χ2v) is 12.6. The number of phenols is 1. The lowest BCUT2D eigenvalue weighted by atomic mass is 9.98. The average molecular weight is 640 g/mol. The Kier molecular flexibility index (Phi) is 7.11. The van der Waals surface area contributed by atoms with Gasteiger partial charge in [0.2, 0.25) is 11.7 Å².